The van der Waals surface area contributed by atoms with E-state index in [1.165, 1.54) is 21.6 Å². The van der Waals surface area contributed by atoms with Crippen molar-refractivity contribution >= 4 is 54.5 Å². The molecule has 2 aliphatic carbocycles. The van der Waals surface area contributed by atoms with E-state index >= 15 is 0 Å². The zero-order valence-corrected chi connectivity index (χ0v) is 25.7. The van der Waals surface area contributed by atoms with Crippen molar-refractivity contribution in [1.29, 1.82) is 0 Å². The maximum atomic E-state index is 14.3. The summed E-state index contributed by atoms with van der Waals surface area (Å²) in [5.41, 5.74) is 0. The molecule has 4 aromatic carbocycles. The summed E-state index contributed by atoms with van der Waals surface area (Å²) in [4.78, 5) is 14.3. The summed E-state index contributed by atoms with van der Waals surface area (Å²) < 4.78 is 11.3. The fourth-order valence-electron chi connectivity index (χ4n) is 7.45. The van der Waals surface area contributed by atoms with Crippen LogP contribution in [-0.4, -0.2) is 46.4 Å². The second-order valence-corrected chi connectivity index (χ2v) is 24.5. The Kier molecular flexibility index (Phi) is 7.05. The van der Waals surface area contributed by atoms with Gasteiger partial charge in [0.1, 0.15) is 0 Å². The molecule has 186 valence electrons. The summed E-state index contributed by atoms with van der Waals surface area (Å²) in [6.45, 7) is 0. The predicted octanol–water partition coefficient (Wildman–Crippen LogP) is 4.32. The molecule has 0 saturated heterocycles. The second-order valence-electron chi connectivity index (χ2n) is 10.4. The minimum absolute atomic E-state index is 0.0254. The van der Waals surface area contributed by atoms with Crippen molar-refractivity contribution in [2.24, 2.45) is 11.8 Å². The van der Waals surface area contributed by atoms with Crippen LogP contribution >= 0.6 is 0 Å². The molecule has 2 bridgehead atoms. The number of methoxy groups -OCH3 is 1. The van der Waals surface area contributed by atoms with Crippen molar-refractivity contribution in [2.45, 2.75) is 27.5 Å². The first-order valence-corrected chi connectivity index (χ1v) is 20.8. The average molecular weight is 658 g/mol. The van der Waals surface area contributed by atoms with Gasteiger partial charge in [-0.15, -0.1) is 0 Å². The van der Waals surface area contributed by atoms with Gasteiger partial charge in [0.25, 0.3) is 0 Å². The fraction of sp³-hybridized carbons (Fsp3) is 0.242. The minimum atomic E-state index is -3.83. The number of carbonyl (C=O) groups is 1. The Morgan fingerprint density at radius 2 is 1.19 bits per heavy atom. The van der Waals surface area contributed by atoms with Crippen molar-refractivity contribution in [1.82, 2.24) is 0 Å². The van der Waals surface area contributed by atoms with Crippen LogP contribution in [0.2, 0.25) is 8.25 Å². The number of esters is 1. The molecule has 0 heterocycles. The van der Waals surface area contributed by atoms with Crippen LogP contribution in [0.5, 0.6) is 0 Å². The number of benzene rings is 4. The Morgan fingerprint density at radius 3 is 1.65 bits per heavy atom. The van der Waals surface area contributed by atoms with Crippen molar-refractivity contribution in [3.05, 3.63) is 121 Å². The molecule has 2 saturated carbocycles. The van der Waals surface area contributed by atoms with Crippen molar-refractivity contribution < 1.29 is 9.53 Å². The van der Waals surface area contributed by atoms with Gasteiger partial charge >= 0.3 is 232 Å². The summed E-state index contributed by atoms with van der Waals surface area (Å²) in [5.74, 6) is 0.936. The number of rotatable bonds is 7. The summed E-state index contributed by atoms with van der Waals surface area (Å²) in [7, 11) is 1.61. The second kappa shape index (κ2) is 10.4. The third-order valence-corrected chi connectivity index (χ3v) is 29.4. The molecule has 4 aromatic rings. The average Bonchev–Trinajstić information content (AvgIpc) is 3.57. The van der Waals surface area contributed by atoms with Crippen LogP contribution < -0.4 is 15.2 Å². The molecular formula is C33H32O2SeSn. The third kappa shape index (κ3) is 4.02. The van der Waals surface area contributed by atoms with E-state index < -0.39 is 22.7 Å². The molecule has 6 rings (SSSR count). The number of hydrogen-bond acceptors (Lipinski definition) is 2. The fourth-order valence-corrected chi connectivity index (χ4v) is 31.9. The molecule has 37 heavy (non-hydrogen) atoms. The van der Waals surface area contributed by atoms with Crippen molar-refractivity contribution in [2.75, 3.05) is 7.11 Å². The van der Waals surface area contributed by atoms with E-state index in [-0.39, 0.29) is 20.9 Å². The molecule has 0 aliphatic heterocycles. The summed E-state index contributed by atoms with van der Waals surface area (Å²) in [6.07, 6.45) is 3.48. The first kappa shape index (κ1) is 25.0. The molecule has 4 atom stereocenters. The predicted molar refractivity (Wildman–Crippen MR) is 155 cm³/mol. The molecule has 0 radical (unpaired) electrons. The van der Waals surface area contributed by atoms with Crippen molar-refractivity contribution in [3.8, 4) is 0 Å². The van der Waals surface area contributed by atoms with Crippen LogP contribution in [0, 0.1) is 11.8 Å². The number of fused-ring (bicyclic) bond motifs is 2. The van der Waals surface area contributed by atoms with Crippen LogP contribution in [0.4, 0.5) is 0 Å². The van der Waals surface area contributed by atoms with E-state index in [1.54, 1.807) is 7.11 Å². The van der Waals surface area contributed by atoms with Gasteiger partial charge in [0, 0.05) is 0 Å². The summed E-state index contributed by atoms with van der Waals surface area (Å²) in [5, 5.41) is 0. The number of ether oxygens (including phenoxy) is 1. The van der Waals surface area contributed by atoms with Gasteiger partial charge in [0.2, 0.25) is 0 Å². The third-order valence-electron chi connectivity index (χ3n) is 8.70. The van der Waals surface area contributed by atoms with E-state index in [0.29, 0.717) is 15.8 Å². The van der Waals surface area contributed by atoms with Gasteiger partial charge in [0.05, 0.1) is 0 Å². The maximum absolute atomic E-state index is 14.3. The Labute approximate surface area is 230 Å². The van der Waals surface area contributed by atoms with E-state index in [4.69, 9.17) is 4.74 Å². The van der Waals surface area contributed by atoms with Crippen LogP contribution in [0.3, 0.4) is 0 Å². The SMILES string of the molecule is COC(=O)[C@@]1([Se]c2ccccc2)[C@@H]2CC[C@@H](C2)[C@H]1[Sn]([c]1ccccc1)([c]1ccccc1)[c]1ccccc1. The van der Waals surface area contributed by atoms with Gasteiger partial charge in [-0.05, 0) is 0 Å². The zero-order valence-electron chi connectivity index (χ0n) is 21.1. The normalized spacial score (nSPS) is 24.6. The van der Waals surface area contributed by atoms with Gasteiger partial charge in [-0.3, -0.25) is 0 Å². The van der Waals surface area contributed by atoms with Crippen LogP contribution in [0.1, 0.15) is 19.3 Å². The molecule has 0 unspecified atom stereocenters. The van der Waals surface area contributed by atoms with Gasteiger partial charge < -0.3 is 0 Å². The molecule has 2 aliphatic rings. The molecule has 4 heteroatoms. The number of hydrogen-bond donors (Lipinski definition) is 0. The molecule has 2 nitrogen and oxygen atoms in total. The monoisotopic (exact) mass is 660 g/mol. The van der Waals surface area contributed by atoms with E-state index in [2.05, 4.69) is 121 Å². The van der Waals surface area contributed by atoms with Gasteiger partial charge in [0.15, 0.2) is 0 Å². The standard InChI is InChI=1S/C15H17O2Se.3C6H5.Sn/c1-17-14(16)15(10-11-7-8-12(15)9-11)18-13-5-3-2-4-6-13;3*1-2-4-6-5-3-1;/h2-6,10-12H,7-9H2,1H3;3*1-5H;/t11-,12+,15-;;;;/m0..../s1. The summed E-state index contributed by atoms with van der Waals surface area (Å²) >= 11 is -3.87. The Balaban J connectivity index is 1.70. The molecular weight excluding hydrogens is 626 g/mol. The first-order valence-electron chi connectivity index (χ1n) is 13.2. The Morgan fingerprint density at radius 1 is 0.730 bits per heavy atom. The molecule has 0 N–H and O–H groups in total. The molecule has 0 amide bonds. The van der Waals surface area contributed by atoms with E-state index in [0.717, 1.165) is 12.8 Å². The Bertz CT molecular complexity index is 1250. The molecule has 0 spiro atoms. The van der Waals surface area contributed by atoms with Crippen LogP contribution in [0.25, 0.3) is 0 Å². The zero-order chi connectivity index (χ0) is 25.3. The van der Waals surface area contributed by atoms with Crippen molar-refractivity contribution in [3.63, 3.8) is 0 Å². The van der Waals surface area contributed by atoms with E-state index in [1.807, 2.05) is 0 Å². The summed E-state index contributed by atoms with van der Waals surface area (Å²) in [6, 6.07) is 44.5. The topological polar surface area (TPSA) is 26.3 Å². The Hall–Kier alpha value is -2.33. The quantitative estimate of drug-likeness (QED) is 0.219. The van der Waals surface area contributed by atoms with Gasteiger partial charge in [-0.25, -0.2) is 0 Å². The molecule has 2 fully saturated rings. The van der Waals surface area contributed by atoms with Gasteiger partial charge in [-0.2, -0.15) is 0 Å². The van der Waals surface area contributed by atoms with Crippen LogP contribution in [-0.2, 0) is 9.53 Å². The number of carbonyl (C=O) groups excluding carboxylic acids is 1. The molecule has 0 aromatic heterocycles. The first-order chi connectivity index (χ1) is 18.2. The van der Waals surface area contributed by atoms with Gasteiger partial charge in [-0.1, -0.05) is 0 Å². The van der Waals surface area contributed by atoms with E-state index in [9.17, 15) is 4.79 Å². The van der Waals surface area contributed by atoms with Crippen LogP contribution in [0.15, 0.2) is 121 Å².